The summed E-state index contributed by atoms with van der Waals surface area (Å²) in [5.41, 5.74) is 1.17. The molecule has 0 amide bonds. The van der Waals surface area contributed by atoms with Crippen LogP contribution in [0.25, 0.3) is 0 Å². The minimum absolute atomic E-state index is 0.814. The molecule has 3 heteroatoms. The summed E-state index contributed by atoms with van der Waals surface area (Å²) >= 11 is 10.4. The molecule has 0 aliphatic rings. The Morgan fingerprint density at radius 1 is 0.571 bits per heavy atom. The van der Waals surface area contributed by atoms with E-state index in [1.165, 1.54) is 21.5 Å². The summed E-state index contributed by atoms with van der Waals surface area (Å²) in [5.74, 6) is 0. The van der Waals surface area contributed by atoms with Gasteiger partial charge in [-0.25, -0.2) is 0 Å². The van der Waals surface area contributed by atoms with Gasteiger partial charge in [0.05, 0.1) is 0 Å². The van der Waals surface area contributed by atoms with E-state index in [0.717, 1.165) is 15.7 Å². The monoisotopic (exact) mass is 466 g/mol. The van der Waals surface area contributed by atoms with Gasteiger partial charge in [0.25, 0.3) is 0 Å². The number of benzene rings is 4. The van der Waals surface area contributed by atoms with Gasteiger partial charge < -0.3 is 0 Å². The maximum absolute atomic E-state index is 6.69. The standard InChI is InChI=1S/C25H21BrClP/c26-24-17-10-18-25(27)23(24)19-28(20-11-4-1-5-12-20,21-13-6-2-7-14-21)22-15-8-3-9-16-22/h1-18,28H,19H2. The molecule has 0 saturated carbocycles. The van der Waals surface area contributed by atoms with Gasteiger partial charge in [-0.3, -0.25) is 0 Å². The number of hydrogen-bond donors (Lipinski definition) is 0. The van der Waals surface area contributed by atoms with Gasteiger partial charge in [0.15, 0.2) is 0 Å². The molecule has 0 radical (unpaired) electrons. The van der Waals surface area contributed by atoms with E-state index in [1.807, 2.05) is 12.1 Å². The summed E-state index contributed by atoms with van der Waals surface area (Å²) in [5, 5.41) is 4.98. The second-order valence-corrected chi connectivity index (χ2v) is 12.0. The Kier molecular flexibility index (Phi) is 5.97. The molecule has 4 aromatic rings. The third-order valence-electron chi connectivity index (χ3n) is 5.30. The van der Waals surface area contributed by atoms with Crippen LogP contribution >= 0.6 is 34.8 Å². The number of hydrogen-bond acceptors (Lipinski definition) is 0. The summed E-state index contributed by atoms with van der Waals surface area (Å²) in [6, 6.07) is 38.8. The van der Waals surface area contributed by atoms with Gasteiger partial charge in [-0.2, -0.15) is 0 Å². The van der Waals surface area contributed by atoms with Crippen molar-refractivity contribution in [2.24, 2.45) is 0 Å². The second-order valence-electron chi connectivity index (χ2n) is 6.88. The average molecular weight is 468 g/mol. The number of rotatable bonds is 5. The fourth-order valence-corrected chi connectivity index (χ4v) is 9.98. The van der Waals surface area contributed by atoms with Gasteiger partial charge in [-0.05, 0) is 0 Å². The predicted octanol–water partition coefficient (Wildman–Crippen LogP) is 6.33. The zero-order valence-corrected chi connectivity index (χ0v) is 18.7. The van der Waals surface area contributed by atoms with Crippen LogP contribution < -0.4 is 15.9 Å². The molecule has 4 aromatic carbocycles. The van der Waals surface area contributed by atoms with Crippen LogP contribution in [0.2, 0.25) is 5.02 Å². The van der Waals surface area contributed by atoms with E-state index in [-0.39, 0.29) is 0 Å². The third kappa shape index (κ3) is 3.67. The molecule has 0 atom stereocenters. The van der Waals surface area contributed by atoms with Crippen LogP contribution in [0.15, 0.2) is 114 Å². The number of halogens is 2. The normalized spacial score (nSPS) is 11.9. The summed E-state index contributed by atoms with van der Waals surface area (Å²) < 4.78 is 1.07. The van der Waals surface area contributed by atoms with Gasteiger partial charge in [0, 0.05) is 0 Å². The van der Waals surface area contributed by atoms with Gasteiger partial charge in [-0.1, -0.05) is 0 Å². The Morgan fingerprint density at radius 3 is 1.39 bits per heavy atom. The van der Waals surface area contributed by atoms with Gasteiger partial charge in [0.1, 0.15) is 0 Å². The van der Waals surface area contributed by atoms with Crippen molar-refractivity contribution in [3.8, 4) is 0 Å². The molecule has 28 heavy (non-hydrogen) atoms. The first-order chi connectivity index (χ1) is 13.7. The van der Waals surface area contributed by atoms with Crippen LogP contribution in [-0.2, 0) is 6.16 Å². The van der Waals surface area contributed by atoms with Gasteiger partial charge in [-0.15, -0.1) is 0 Å². The maximum atomic E-state index is 6.69. The van der Waals surface area contributed by atoms with Crippen molar-refractivity contribution in [1.29, 1.82) is 0 Å². The Morgan fingerprint density at radius 2 is 1.00 bits per heavy atom. The van der Waals surface area contributed by atoms with E-state index >= 15 is 0 Å². The Hall–Kier alpha value is -1.92. The average Bonchev–Trinajstić information content (AvgIpc) is 2.76. The molecule has 0 aliphatic heterocycles. The van der Waals surface area contributed by atoms with Crippen LogP contribution in [0.3, 0.4) is 0 Å². The first kappa shape index (κ1) is 19.4. The zero-order valence-electron chi connectivity index (χ0n) is 15.4. The summed E-state index contributed by atoms with van der Waals surface area (Å²) in [6.45, 7) is 0. The third-order valence-corrected chi connectivity index (χ3v) is 11.2. The quantitative estimate of drug-likeness (QED) is 0.301. The second kappa shape index (κ2) is 8.62. The Balaban J connectivity index is 2.04. The van der Waals surface area contributed by atoms with Crippen molar-refractivity contribution in [2.75, 3.05) is 0 Å². The molecule has 0 unspecified atom stereocenters. The first-order valence-electron chi connectivity index (χ1n) is 9.31. The van der Waals surface area contributed by atoms with Gasteiger partial charge in [0.2, 0.25) is 0 Å². The van der Waals surface area contributed by atoms with Crippen LogP contribution in [0.4, 0.5) is 0 Å². The van der Waals surface area contributed by atoms with Crippen LogP contribution in [-0.4, -0.2) is 0 Å². The van der Waals surface area contributed by atoms with Crippen molar-refractivity contribution in [3.63, 3.8) is 0 Å². The van der Waals surface area contributed by atoms with E-state index in [9.17, 15) is 0 Å². The molecule has 0 saturated heterocycles. The topological polar surface area (TPSA) is 0 Å². The molecule has 0 aliphatic carbocycles. The molecule has 0 aromatic heterocycles. The summed E-state index contributed by atoms with van der Waals surface area (Å²) in [4.78, 5) is 0. The van der Waals surface area contributed by atoms with E-state index in [2.05, 4.69) is 113 Å². The van der Waals surface area contributed by atoms with Crippen LogP contribution in [0.1, 0.15) is 5.56 Å². The predicted molar refractivity (Wildman–Crippen MR) is 129 cm³/mol. The summed E-state index contributed by atoms with van der Waals surface area (Å²) in [6.07, 6.45) is 0.894. The Labute approximate surface area is 180 Å². The van der Waals surface area contributed by atoms with E-state index in [0.29, 0.717) is 0 Å². The van der Waals surface area contributed by atoms with Gasteiger partial charge >= 0.3 is 181 Å². The fourth-order valence-electron chi connectivity index (χ4n) is 3.94. The van der Waals surface area contributed by atoms with Crippen molar-refractivity contribution in [1.82, 2.24) is 0 Å². The molecule has 0 N–H and O–H groups in total. The van der Waals surface area contributed by atoms with Crippen molar-refractivity contribution < 1.29 is 0 Å². The Bertz CT molecular complexity index is 933. The van der Waals surface area contributed by atoms with E-state index in [4.69, 9.17) is 11.6 Å². The fraction of sp³-hybridized carbons (Fsp3) is 0.0400. The summed E-state index contributed by atoms with van der Waals surface area (Å²) in [7, 11) is -2.34. The molecular weight excluding hydrogens is 447 g/mol. The van der Waals surface area contributed by atoms with Crippen molar-refractivity contribution in [3.05, 3.63) is 124 Å². The molecule has 0 fully saturated rings. The molecule has 140 valence electrons. The molecule has 0 heterocycles. The molecular formula is C25H21BrClP. The zero-order chi connectivity index (χ0) is 19.4. The van der Waals surface area contributed by atoms with Crippen molar-refractivity contribution in [2.45, 2.75) is 6.16 Å². The minimum atomic E-state index is -2.34. The van der Waals surface area contributed by atoms with Crippen molar-refractivity contribution >= 4 is 50.7 Å². The SMILES string of the molecule is Clc1cccc(Br)c1C[PH](c1ccccc1)(c1ccccc1)c1ccccc1. The van der Waals surface area contributed by atoms with E-state index in [1.54, 1.807) is 0 Å². The van der Waals surface area contributed by atoms with Crippen LogP contribution in [0.5, 0.6) is 0 Å². The molecule has 0 bridgehead atoms. The molecule has 0 nitrogen and oxygen atoms in total. The molecule has 4 rings (SSSR count). The van der Waals surface area contributed by atoms with Crippen LogP contribution in [0, 0.1) is 0 Å². The van der Waals surface area contributed by atoms with E-state index < -0.39 is 7.26 Å². The first-order valence-corrected chi connectivity index (χ1v) is 12.7. The molecule has 0 spiro atoms.